The van der Waals surface area contributed by atoms with Gasteiger partial charge in [-0.05, 0) is 46.3 Å². The molecular formula is C13H9BrFN3O3. The van der Waals surface area contributed by atoms with Crippen molar-refractivity contribution in [3.63, 3.8) is 0 Å². The number of rotatable bonds is 3. The van der Waals surface area contributed by atoms with Crippen LogP contribution in [-0.2, 0) is 0 Å². The number of nitrogens with zero attached hydrogens (tertiary/aromatic N) is 1. The van der Waals surface area contributed by atoms with Crippen LogP contribution >= 0.6 is 15.9 Å². The molecule has 2 aromatic rings. The zero-order valence-electron chi connectivity index (χ0n) is 10.5. The number of halogens is 2. The van der Waals surface area contributed by atoms with Crippen LogP contribution in [0.2, 0.25) is 0 Å². The number of nitro groups is 1. The monoisotopic (exact) mass is 353 g/mol. The third kappa shape index (κ3) is 3.34. The van der Waals surface area contributed by atoms with Gasteiger partial charge in [-0.15, -0.1) is 0 Å². The Morgan fingerprint density at radius 1 is 1.29 bits per heavy atom. The van der Waals surface area contributed by atoms with Crippen molar-refractivity contribution < 1.29 is 14.1 Å². The van der Waals surface area contributed by atoms with Crippen LogP contribution in [0.25, 0.3) is 0 Å². The molecule has 0 bridgehead atoms. The Hall–Kier alpha value is -2.48. The van der Waals surface area contributed by atoms with Gasteiger partial charge < -0.3 is 11.1 Å². The van der Waals surface area contributed by atoms with Gasteiger partial charge in [-0.2, -0.15) is 0 Å². The van der Waals surface area contributed by atoms with E-state index in [0.29, 0.717) is 4.47 Å². The first-order chi connectivity index (χ1) is 9.88. The average molecular weight is 354 g/mol. The quantitative estimate of drug-likeness (QED) is 0.502. The molecule has 0 saturated carbocycles. The van der Waals surface area contributed by atoms with Crippen molar-refractivity contribution >= 4 is 38.9 Å². The Morgan fingerprint density at radius 2 is 2.00 bits per heavy atom. The summed E-state index contributed by atoms with van der Waals surface area (Å²) in [6.07, 6.45) is 0. The summed E-state index contributed by atoms with van der Waals surface area (Å²) in [4.78, 5) is 22.2. The molecule has 0 aliphatic heterocycles. The molecule has 6 nitrogen and oxygen atoms in total. The third-order valence-electron chi connectivity index (χ3n) is 2.67. The molecule has 8 heteroatoms. The molecule has 3 N–H and O–H groups in total. The van der Waals surface area contributed by atoms with Crippen LogP contribution < -0.4 is 11.1 Å². The van der Waals surface area contributed by atoms with Gasteiger partial charge in [0.05, 0.1) is 10.6 Å². The Balaban J connectivity index is 2.30. The predicted molar refractivity (Wildman–Crippen MR) is 79.6 cm³/mol. The molecule has 0 aromatic heterocycles. The van der Waals surface area contributed by atoms with Crippen LogP contribution in [0, 0.1) is 15.9 Å². The maximum atomic E-state index is 13.1. The molecule has 2 rings (SSSR count). The summed E-state index contributed by atoms with van der Waals surface area (Å²) in [6.45, 7) is 0. The smallest absolute Gasteiger partial charge is 0.292 e. The fraction of sp³-hybridized carbons (Fsp3) is 0. The number of hydrogen-bond acceptors (Lipinski definition) is 4. The van der Waals surface area contributed by atoms with Crippen molar-refractivity contribution in [1.82, 2.24) is 0 Å². The normalized spacial score (nSPS) is 10.2. The number of nitro benzene ring substituents is 1. The molecule has 0 unspecified atom stereocenters. The van der Waals surface area contributed by atoms with E-state index >= 15 is 0 Å². The Morgan fingerprint density at radius 3 is 2.67 bits per heavy atom. The lowest BCUT2D eigenvalue weighted by Crippen LogP contribution is -2.13. The number of amides is 1. The molecule has 0 saturated heterocycles. The molecule has 0 spiro atoms. The van der Waals surface area contributed by atoms with Gasteiger partial charge >= 0.3 is 0 Å². The van der Waals surface area contributed by atoms with E-state index in [1.165, 1.54) is 24.3 Å². The highest BCUT2D eigenvalue weighted by Gasteiger charge is 2.16. The van der Waals surface area contributed by atoms with Crippen molar-refractivity contribution in [2.75, 3.05) is 11.1 Å². The van der Waals surface area contributed by atoms with Crippen molar-refractivity contribution in [1.29, 1.82) is 0 Å². The fourth-order valence-electron chi connectivity index (χ4n) is 1.63. The van der Waals surface area contributed by atoms with Crippen molar-refractivity contribution in [2.45, 2.75) is 0 Å². The van der Waals surface area contributed by atoms with Gasteiger partial charge in [0.25, 0.3) is 11.6 Å². The van der Waals surface area contributed by atoms with Crippen LogP contribution in [0.3, 0.4) is 0 Å². The average Bonchev–Trinajstić information content (AvgIpc) is 2.43. The summed E-state index contributed by atoms with van der Waals surface area (Å²) < 4.78 is 13.6. The van der Waals surface area contributed by atoms with Gasteiger partial charge in [0.2, 0.25) is 0 Å². The molecule has 0 aliphatic carbocycles. The standard InChI is InChI=1S/C13H9BrFN3O3/c14-9-3-2-8(15)6-11(9)17-13(19)7-1-4-10(16)12(5-7)18(20)21/h1-6H,16H2,(H,17,19). The number of nitrogen functional groups attached to an aromatic ring is 1. The van der Waals surface area contributed by atoms with E-state index in [-0.39, 0.29) is 22.6 Å². The number of carbonyl (C=O) groups excluding carboxylic acids is 1. The topological polar surface area (TPSA) is 98.3 Å². The first kappa shape index (κ1) is 14.9. The maximum absolute atomic E-state index is 13.1. The highest BCUT2D eigenvalue weighted by Crippen LogP contribution is 2.26. The summed E-state index contributed by atoms with van der Waals surface area (Å²) in [7, 11) is 0. The van der Waals surface area contributed by atoms with E-state index in [0.717, 1.165) is 12.1 Å². The van der Waals surface area contributed by atoms with E-state index in [1.807, 2.05) is 0 Å². The molecule has 0 heterocycles. The van der Waals surface area contributed by atoms with Gasteiger partial charge in [-0.3, -0.25) is 14.9 Å². The van der Waals surface area contributed by atoms with Gasteiger partial charge in [0.1, 0.15) is 11.5 Å². The van der Waals surface area contributed by atoms with Crippen LogP contribution in [0.1, 0.15) is 10.4 Å². The second-order valence-corrected chi connectivity index (χ2v) is 4.96. The van der Waals surface area contributed by atoms with Crippen molar-refractivity contribution in [3.8, 4) is 0 Å². The van der Waals surface area contributed by atoms with E-state index < -0.39 is 16.6 Å². The summed E-state index contributed by atoms with van der Waals surface area (Å²) in [6, 6.07) is 7.49. The van der Waals surface area contributed by atoms with Crippen LogP contribution in [0.15, 0.2) is 40.9 Å². The Labute approximate surface area is 127 Å². The van der Waals surface area contributed by atoms with Gasteiger partial charge in [-0.1, -0.05) is 0 Å². The molecule has 0 aliphatic rings. The summed E-state index contributed by atoms with van der Waals surface area (Å²) in [5.41, 5.74) is 5.33. The number of carbonyl (C=O) groups is 1. The van der Waals surface area contributed by atoms with Gasteiger partial charge in [-0.25, -0.2) is 4.39 Å². The summed E-state index contributed by atoms with van der Waals surface area (Å²) in [5, 5.41) is 13.3. The molecule has 2 aromatic carbocycles. The first-order valence-electron chi connectivity index (χ1n) is 5.69. The predicted octanol–water partition coefficient (Wildman–Crippen LogP) is 3.33. The number of anilines is 2. The molecule has 1 amide bonds. The minimum absolute atomic E-state index is 0.0384. The number of nitrogens with two attached hydrogens (primary N) is 1. The van der Waals surface area contributed by atoms with Crippen molar-refractivity contribution in [3.05, 3.63) is 62.4 Å². The van der Waals surface area contributed by atoms with E-state index in [4.69, 9.17) is 5.73 Å². The van der Waals surface area contributed by atoms with Crippen LogP contribution in [0.4, 0.5) is 21.5 Å². The first-order valence-corrected chi connectivity index (χ1v) is 6.48. The minimum atomic E-state index is -0.676. The minimum Gasteiger partial charge on any atom is -0.393 e. The van der Waals surface area contributed by atoms with Crippen LogP contribution in [-0.4, -0.2) is 10.8 Å². The zero-order chi connectivity index (χ0) is 15.6. The number of nitrogens with one attached hydrogen (secondary N) is 1. The fourth-order valence-corrected chi connectivity index (χ4v) is 1.98. The summed E-state index contributed by atoms with van der Waals surface area (Å²) >= 11 is 3.17. The third-order valence-corrected chi connectivity index (χ3v) is 3.36. The molecule has 0 radical (unpaired) electrons. The number of hydrogen-bond donors (Lipinski definition) is 2. The molecule has 21 heavy (non-hydrogen) atoms. The van der Waals surface area contributed by atoms with Crippen molar-refractivity contribution in [2.24, 2.45) is 0 Å². The SMILES string of the molecule is Nc1ccc(C(=O)Nc2cc(F)ccc2Br)cc1[N+](=O)[O-]. The lowest BCUT2D eigenvalue weighted by molar-refractivity contribution is -0.383. The largest absolute Gasteiger partial charge is 0.393 e. The second-order valence-electron chi connectivity index (χ2n) is 4.11. The van der Waals surface area contributed by atoms with E-state index in [2.05, 4.69) is 21.2 Å². The highest BCUT2D eigenvalue weighted by atomic mass is 79.9. The number of benzene rings is 2. The lowest BCUT2D eigenvalue weighted by Gasteiger charge is -2.08. The lowest BCUT2D eigenvalue weighted by atomic mass is 10.1. The Kier molecular flexibility index (Phi) is 4.18. The van der Waals surface area contributed by atoms with Crippen LogP contribution in [0.5, 0.6) is 0 Å². The Bertz CT molecular complexity index is 737. The summed E-state index contributed by atoms with van der Waals surface area (Å²) in [5.74, 6) is -1.12. The van der Waals surface area contributed by atoms with Gasteiger partial charge in [0, 0.05) is 16.1 Å². The van der Waals surface area contributed by atoms with Gasteiger partial charge in [0.15, 0.2) is 0 Å². The molecule has 0 atom stereocenters. The molecule has 108 valence electrons. The van der Waals surface area contributed by atoms with E-state index in [9.17, 15) is 19.3 Å². The second kappa shape index (κ2) is 5.88. The maximum Gasteiger partial charge on any atom is 0.292 e. The zero-order valence-corrected chi connectivity index (χ0v) is 12.1. The molecule has 0 fully saturated rings. The van der Waals surface area contributed by atoms with E-state index in [1.54, 1.807) is 0 Å². The molecular weight excluding hydrogens is 345 g/mol. The highest BCUT2D eigenvalue weighted by molar-refractivity contribution is 9.10.